The standard InChI is InChI=1S/C16H26N4O/c1-4-8-20(10-13-6-5-7-18-13)16-14(15(17)21)11(2)9-12(3)19-16/h9,13,18H,4-8,10H2,1-3H3,(H2,17,21). The third-order valence-corrected chi connectivity index (χ3v) is 3.97. The zero-order valence-electron chi connectivity index (χ0n) is 13.3. The van der Waals surface area contributed by atoms with Gasteiger partial charge in [-0.1, -0.05) is 6.92 Å². The van der Waals surface area contributed by atoms with E-state index in [1.165, 1.54) is 12.8 Å². The van der Waals surface area contributed by atoms with Crippen LogP contribution in [0.3, 0.4) is 0 Å². The van der Waals surface area contributed by atoms with Gasteiger partial charge in [0.15, 0.2) is 0 Å². The molecule has 1 aliphatic rings. The second kappa shape index (κ2) is 6.89. The fourth-order valence-electron chi connectivity index (χ4n) is 3.08. The van der Waals surface area contributed by atoms with Gasteiger partial charge in [-0.3, -0.25) is 4.79 Å². The smallest absolute Gasteiger partial charge is 0.252 e. The Morgan fingerprint density at radius 2 is 2.29 bits per heavy atom. The average molecular weight is 290 g/mol. The lowest BCUT2D eigenvalue weighted by atomic mass is 10.1. The Hall–Kier alpha value is -1.62. The molecule has 1 aliphatic heterocycles. The van der Waals surface area contributed by atoms with E-state index in [0.29, 0.717) is 11.6 Å². The highest BCUT2D eigenvalue weighted by atomic mass is 16.1. The van der Waals surface area contributed by atoms with E-state index in [-0.39, 0.29) is 0 Å². The van der Waals surface area contributed by atoms with E-state index in [2.05, 4.69) is 22.1 Å². The van der Waals surface area contributed by atoms with E-state index < -0.39 is 5.91 Å². The highest BCUT2D eigenvalue weighted by molar-refractivity contribution is 5.99. The maximum Gasteiger partial charge on any atom is 0.252 e. The summed E-state index contributed by atoms with van der Waals surface area (Å²) in [5, 5.41) is 3.51. The lowest BCUT2D eigenvalue weighted by molar-refractivity contribution is 0.1000. The highest BCUT2D eigenvalue weighted by Crippen LogP contribution is 2.23. The molecule has 0 aromatic carbocycles. The minimum Gasteiger partial charge on any atom is -0.365 e. The van der Waals surface area contributed by atoms with Gasteiger partial charge in [0.1, 0.15) is 5.82 Å². The van der Waals surface area contributed by atoms with Crippen LogP contribution >= 0.6 is 0 Å². The normalized spacial score (nSPS) is 18.0. The van der Waals surface area contributed by atoms with Crippen LogP contribution in [-0.2, 0) is 0 Å². The molecule has 3 N–H and O–H groups in total. The Labute approximate surface area is 126 Å². The van der Waals surface area contributed by atoms with Crippen LogP contribution < -0.4 is 16.0 Å². The maximum absolute atomic E-state index is 11.8. The predicted molar refractivity (Wildman–Crippen MR) is 85.8 cm³/mol. The molecule has 0 bridgehead atoms. The third kappa shape index (κ3) is 3.73. The van der Waals surface area contributed by atoms with Gasteiger partial charge < -0.3 is 16.0 Å². The molecule has 1 aromatic heterocycles. The van der Waals surface area contributed by atoms with E-state index in [1.54, 1.807) is 0 Å². The van der Waals surface area contributed by atoms with Gasteiger partial charge >= 0.3 is 0 Å². The monoisotopic (exact) mass is 290 g/mol. The minimum absolute atomic E-state index is 0.393. The van der Waals surface area contributed by atoms with Gasteiger partial charge in [-0.15, -0.1) is 0 Å². The largest absolute Gasteiger partial charge is 0.365 e. The SMILES string of the molecule is CCCN(CC1CCCN1)c1nc(C)cc(C)c1C(N)=O. The summed E-state index contributed by atoms with van der Waals surface area (Å²) in [7, 11) is 0. The fraction of sp³-hybridized carbons (Fsp3) is 0.625. The number of aromatic nitrogens is 1. The number of pyridine rings is 1. The molecule has 116 valence electrons. The molecule has 5 nitrogen and oxygen atoms in total. The van der Waals surface area contributed by atoms with E-state index in [1.807, 2.05) is 19.9 Å². The molecule has 0 spiro atoms. The Morgan fingerprint density at radius 1 is 1.52 bits per heavy atom. The average Bonchev–Trinajstić information content (AvgIpc) is 2.89. The number of anilines is 1. The van der Waals surface area contributed by atoms with Crippen molar-refractivity contribution in [2.75, 3.05) is 24.5 Å². The number of hydrogen-bond acceptors (Lipinski definition) is 4. The number of rotatable bonds is 6. The number of nitrogens with zero attached hydrogens (tertiary/aromatic N) is 2. The van der Waals surface area contributed by atoms with Gasteiger partial charge in [-0.2, -0.15) is 0 Å². The summed E-state index contributed by atoms with van der Waals surface area (Å²) in [4.78, 5) is 18.7. The zero-order chi connectivity index (χ0) is 15.4. The van der Waals surface area contributed by atoms with Crippen molar-refractivity contribution >= 4 is 11.7 Å². The summed E-state index contributed by atoms with van der Waals surface area (Å²) < 4.78 is 0. The van der Waals surface area contributed by atoms with E-state index in [4.69, 9.17) is 5.73 Å². The molecule has 1 amide bonds. The minimum atomic E-state index is -0.393. The Bertz CT molecular complexity index is 509. The number of nitrogens with two attached hydrogens (primary N) is 1. The first-order valence-electron chi connectivity index (χ1n) is 7.79. The summed E-state index contributed by atoms with van der Waals surface area (Å²) >= 11 is 0. The molecule has 0 saturated carbocycles. The van der Waals surface area contributed by atoms with Crippen LogP contribution in [0.5, 0.6) is 0 Å². The number of primary amides is 1. The molecule has 1 unspecified atom stereocenters. The topological polar surface area (TPSA) is 71.2 Å². The van der Waals surface area contributed by atoms with Gasteiger partial charge in [0.05, 0.1) is 5.56 Å². The Kier molecular flexibility index (Phi) is 5.17. The second-order valence-corrected chi connectivity index (χ2v) is 5.88. The lowest BCUT2D eigenvalue weighted by Gasteiger charge is -2.28. The number of carbonyl (C=O) groups is 1. The van der Waals surface area contributed by atoms with Crippen LogP contribution in [0.25, 0.3) is 0 Å². The molecule has 0 radical (unpaired) electrons. The van der Waals surface area contributed by atoms with Gasteiger partial charge in [-0.05, 0) is 51.3 Å². The van der Waals surface area contributed by atoms with Crippen LogP contribution in [0.4, 0.5) is 5.82 Å². The van der Waals surface area contributed by atoms with Crippen molar-refractivity contribution in [3.63, 3.8) is 0 Å². The first kappa shape index (κ1) is 15.8. The maximum atomic E-state index is 11.8. The molecule has 5 heteroatoms. The van der Waals surface area contributed by atoms with Gasteiger partial charge in [0.2, 0.25) is 0 Å². The lowest BCUT2D eigenvalue weighted by Crippen LogP contribution is -2.39. The number of carbonyl (C=O) groups excluding carboxylic acids is 1. The molecule has 1 atom stereocenters. The summed E-state index contributed by atoms with van der Waals surface area (Å²) in [6.07, 6.45) is 3.41. The van der Waals surface area contributed by atoms with Crippen molar-refractivity contribution in [3.05, 3.63) is 22.9 Å². The van der Waals surface area contributed by atoms with Crippen molar-refractivity contribution in [1.29, 1.82) is 0 Å². The molecule has 1 saturated heterocycles. The number of hydrogen-bond donors (Lipinski definition) is 2. The fourth-order valence-corrected chi connectivity index (χ4v) is 3.08. The molecule has 1 fully saturated rings. The molecule has 2 heterocycles. The molecule has 1 aromatic rings. The van der Waals surface area contributed by atoms with E-state index >= 15 is 0 Å². The van der Waals surface area contributed by atoms with Crippen LogP contribution in [0.1, 0.15) is 47.8 Å². The zero-order valence-corrected chi connectivity index (χ0v) is 13.3. The Morgan fingerprint density at radius 3 is 2.86 bits per heavy atom. The van der Waals surface area contributed by atoms with E-state index in [9.17, 15) is 4.79 Å². The van der Waals surface area contributed by atoms with Crippen molar-refractivity contribution in [2.45, 2.75) is 46.1 Å². The van der Waals surface area contributed by atoms with Gasteiger partial charge in [0, 0.05) is 24.8 Å². The summed E-state index contributed by atoms with van der Waals surface area (Å²) in [6.45, 7) is 8.86. The first-order chi connectivity index (χ1) is 10.0. The summed E-state index contributed by atoms with van der Waals surface area (Å²) in [6, 6.07) is 2.39. The predicted octanol–water partition coefficient (Wildman–Crippen LogP) is 1.77. The van der Waals surface area contributed by atoms with Crippen molar-refractivity contribution in [3.8, 4) is 0 Å². The number of nitrogens with one attached hydrogen (secondary N) is 1. The summed E-state index contributed by atoms with van der Waals surface area (Å²) in [5.41, 5.74) is 7.98. The molecule has 21 heavy (non-hydrogen) atoms. The van der Waals surface area contributed by atoms with Crippen LogP contribution in [0, 0.1) is 13.8 Å². The molecule has 2 rings (SSSR count). The molecular formula is C16H26N4O. The summed E-state index contributed by atoms with van der Waals surface area (Å²) in [5.74, 6) is 0.353. The highest BCUT2D eigenvalue weighted by Gasteiger charge is 2.23. The van der Waals surface area contributed by atoms with Crippen LogP contribution in [0.2, 0.25) is 0 Å². The second-order valence-electron chi connectivity index (χ2n) is 5.88. The Balaban J connectivity index is 2.35. The van der Waals surface area contributed by atoms with Crippen molar-refractivity contribution in [1.82, 2.24) is 10.3 Å². The van der Waals surface area contributed by atoms with Gasteiger partial charge in [-0.25, -0.2) is 4.98 Å². The number of amides is 1. The van der Waals surface area contributed by atoms with Crippen LogP contribution in [-0.4, -0.2) is 36.6 Å². The van der Waals surface area contributed by atoms with Gasteiger partial charge in [0.25, 0.3) is 5.91 Å². The van der Waals surface area contributed by atoms with E-state index in [0.717, 1.165) is 43.1 Å². The first-order valence-corrected chi connectivity index (χ1v) is 7.79. The third-order valence-electron chi connectivity index (χ3n) is 3.97. The van der Waals surface area contributed by atoms with Crippen molar-refractivity contribution in [2.24, 2.45) is 5.73 Å². The number of aryl methyl sites for hydroxylation is 2. The molecule has 0 aliphatic carbocycles. The quantitative estimate of drug-likeness (QED) is 0.837. The molecular weight excluding hydrogens is 264 g/mol. The van der Waals surface area contributed by atoms with Crippen molar-refractivity contribution < 1.29 is 4.79 Å². The van der Waals surface area contributed by atoms with Crippen LogP contribution in [0.15, 0.2) is 6.07 Å².